The summed E-state index contributed by atoms with van der Waals surface area (Å²) in [5, 5.41) is 4.31. The van der Waals surface area contributed by atoms with Crippen molar-refractivity contribution >= 4 is 11.2 Å². The lowest BCUT2D eigenvalue weighted by molar-refractivity contribution is -0.707. The first-order valence-corrected chi connectivity index (χ1v) is 7.06. The van der Waals surface area contributed by atoms with E-state index in [9.17, 15) is 9.59 Å². The van der Waals surface area contributed by atoms with E-state index in [0.717, 1.165) is 4.57 Å². The second kappa shape index (κ2) is 5.76. The molecule has 0 atom stereocenters. The van der Waals surface area contributed by atoms with E-state index in [4.69, 9.17) is 9.47 Å². The first kappa shape index (κ1) is 15.7. The zero-order valence-electron chi connectivity index (χ0n) is 13.7. The van der Waals surface area contributed by atoms with Crippen molar-refractivity contribution in [2.24, 2.45) is 14.1 Å². The minimum Gasteiger partial charge on any atom is -0.493 e. The van der Waals surface area contributed by atoms with Crippen molar-refractivity contribution in [3.63, 3.8) is 0 Å². The maximum Gasteiger partial charge on any atom is 0.416 e. The lowest BCUT2D eigenvalue weighted by Crippen LogP contribution is -2.42. The summed E-state index contributed by atoms with van der Waals surface area (Å²) < 4.78 is 12.9. The summed E-state index contributed by atoms with van der Waals surface area (Å²) in [6, 6.07) is 5.21. The zero-order valence-corrected chi connectivity index (χ0v) is 13.7. The highest BCUT2D eigenvalue weighted by Crippen LogP contribution is 2.30. The van der Waals surface area contributed by atoms with Gasteiger partial charge in [-0.3, -0.25) is 4.79 Å². The maximum absolute atomic E-state index is 12.3. The van der Waals surface area contributed by atoms with Crippen molar-refractivity contribution in [1.82, 2.24) is 19.6 Å². The third kappa shape index (κ3) is 2.39. The number of H-pyrrole nitrogens is 1. The van der Waals surface area contributed by atoms with Gasteiger partial charge in [0.1, 0.15) is 7.05 Å². The molecule has 24 heavy (non-hydrogen) atoms. The van der Waals surface area contributed by atoms with Gasteiger partial charge < -0.3 is 9.47 Å². The minimum absolute atomic E-state index is 0.124. The highest BCUT2D eigenvalue weighted by atomic mass is 16.5. The van der Waals surface area contributed by atoms with Crippen LogP contribution in [0.15, 0.2) is 27.8 Å². The van der Waals surface area contributed by atoms with Crippen molar-refractivity contribution in [1.29, 1.82) is 0 Å². The number of hydrogen-bond acceptors (Lipinski definition) is 6. The van der Waals surface area contributed by atoms with Crippen LogP contribution in [0.25, 0.3) is 22.6 Å². The van der Waals surface area contributed by atoms with E-state index in [0.29, 0.717) is 22.9 Å². The number of ether oxygens (including phenoxy) is 2. The Morgan fingerprint density at radius 3 is 2.54 bits per heavy atom. The molecule has 0 fully saturated rings. The Kier molecular flexibility index (Phi) is 3.76. The molecule has 0 aliphatic carbocycles. The largest absolute Gasteiger partial charge is 0.493 e. The number of fused-ring (bicyclic) bond motifs is 1. The first-order valence-electron chi connectivity index (χ1n) is 7.06. The van der Waals surface area contributed by atoms with Gasteiger partial charge in [0, 0.05) is 12.6 Å². The van der Waals surface area contributed by atoms with Gasteiger partial charge in [-0.1, -0.05) is 5.10 Å². The molecule has 0 aliphatic heterocycles. The van der Waals surface area contributed by atoms with Crippen LogP contribution in [0, 0.1) is 0 Å². The molecule has 1 N–H and O–H groups in total. The molecule has 0 amide bonds. The van der Waals surface area contributed by atoms with E-state index < -0.39 is 11.2 Å². The van der Waals surface area contributed by atoms with Crippen LogP contribution in [0.2, 0.25) is 0 Å². The van der Waals surface area contributed by atoms with Gasteiger partial charge in [-0.2, -0.15) is 4.98 Å². The monoisotopic (exact) mass is 330 g/mol. The molecule has 9 heteroatoms. The average molecular weight is 330 g/mol. The van der Waals surface area contributed by atoms with Crippen LogP contribution in [-0.4, -0.2) is 33.9 Å². The minimum atomic E-state index is -0.523. The molecular formula is C15H16N5O4+. The van der Waals surface area contributed by atoms with Crippen LogP contribution >= 0.6 is 0 Å². The van der Waals surface area contributed by atoms with Gasteiger partial charge in [-0.25, -0.2) is 14.3 Å². The number of aryl methyl sites for hydroxylation is 1. The third-order valence-corrected chi connectivity index (χ3v) is 3.69. The SMILES string of the molecule is COc1ccc(-c2nc3c(=O)n(C)c(=O)[nH]c3[n+](C)n2)cc1OC. The molecule has 0 saturated carbocycles. The molecule has 3 aromatic rings. The summed E-state index contributed by atoms with van der Waals surface area (Å²) >= 11 is 0. The van der Waals surface area contributed by atoms with E-state index in [1.54, 1.807) is 32.4 Å². The summed E-state index contributed by atoms with van der Waals surface area (Å²) in [5.74, 6) is 1.43. The molecule has 0 bridgehead atoms. The van der Waals surface area contributed by atoms with Crippen LogP contribution in [-0.2, 0) is 14.1 Å². The van der Waals surface area contributed by atoms with Crippen molar-refractivity contribution in [2.45, 2.75) is 0 Å². The van der Waals surface area contributed by atoms with Crippen molar-refractivity contribution in [2.75, 3.05) is 14.2 Å². The second-order valence-corrected chi connectivity index (χ2v) is 5.12. The number of aromatic amines is 1. The zero-order chi connectivity index (χ0) is 17.4. The highest BCUT2D eigenvalue weighted by Gasteiger charge is 2.19. The van der Waals surface area contributed by atoms with Crippen molar-refractivity contribution in [3.05, 3.63) is 39.0 Å². The third-order valence-electron chi connectivity index (χ3n) is 3.69. The summed E-state index contributed by atoms with van der Waals surface area (Å²) in [5.41, 5.74) is 0.0177. The van der Waals surface area contributed by atoms with E-state index in [1.165, 1.54) is 18.8 Å². The predicted molar refractivity (Wildman–Crippen MR) is 85.1 cm³/mol. The molecule has 1 aromatic carbocycles. The fourth-order valence-electron chi connectivity index (χ4n) is 2.35. The van der Waals surface area contributed by atoms with Gasteiger partial charge in [0.05, 0.1) is 14.2 Å². The van der Waals surface area contributed by atoms with Gasteiger partial charge >= 0.3 is 11.3 Å². The number of nitrogens with zero attached hydrogens (tertiary/aromatic N) is 4. The van der Waals surface area contributed by atoms with Crippen molar-refractivity contribution < 1.29 is 14.2 Å². The number of rotatable bonds is 3. The van der Waals surface area contributed by atoms with Crippen LogP contribution in [0.5, 0.6) is 11.5 Å². The van der Waals surface area contributed by atoms with Crippen LogP contribution in [0.3, 0.4) is 0 Å². The summed E-state index contributed by atoms with van der Waals surface area (Å²) in [4.78, 5) is 30.9. The molecule has 0 radical (unpaired) electrons. The average Bonchev–Trinajstić information content (AvgIpc) is 2.60. The molecule has 0 saturated heterocycles. The van der Waals surface area contributed by atoms with E-state index >= 15 is 0 Å². The maximum atomic E-state index is 12.3. The topological polar surface area (TPSA) is 103 Å². The second-order valence-electron chi connectivity index (χ2n) is 5.12. The fraction of sp³-hybridized carbons (Fsp3) is 0.267. The van der Waals surface area contributed by atoms with Gasteiger partial charge in [0.15, 0.2) is 11.5 Å². The first-order chi connectivity index (χ1) is 11.5. The molecule has 0 spiro atoms. The van der Waals surface area contributed by atoms with Gasteiger partial charge in [0.25, 0.3) is 5.56 Å². The molecule has 124 valence electrons. The Morgan fingerprint density at radius 1 is 1.17 bits per heavy atom. The van der Waals surface area contributed by atoms with E-state index in [2.05, 4.69) is 15.1 Å². The Hall–Kier alpha value is -3.23. The van der Waals surface area contributed by atoms with Gasteiger partial charge in [-0.15, -0.1) is 4.68 Å². The Labute approximate surface area is 136 Å². The molecule has 3 rings (SSSR count). The van der Waals surface area contributed by atoms with Crippen LogP contribution in [0.4, 0.5) is 0 Å². The number of hydrogen-bond donors (Lipinski definition) is 1. The lowest BCUT2D eigenvalue weighted by Gasteiger charge is -2.09. The molecule has 0 aliphatic rings. The highest BCUT2D eigenvalue weighted by molar-refractivity contribution is 5.68. The fourth-order valence-corrected chi connectivity index (χ4v) is 2.35. The Balaban J connectivity index is 2.28. The standard InChI is InChI=1S/C15H15N5O4/c1-19-14(21)11-13(17-15(19)22)20(2)18-12(16-11)8-5-6-9(23-3)10(7-8)24-4/h5-7H,1-4H3/p+1. The normalized spacial score (nSPS) is 10.8. The predicted octanol–water partition coefficient (Wildman–Crippen LogP) is -0.474. The molecule has 9 nitrogen and oxygen atoms in total. The molecule has 2 aromatic heterocycles. The van der Waals surface area contributed by atoms with Gasteiger partial charge in [-0.05, 0) is 18.2 Å². The summed E-state index contributed by atoms with van der Waals surface area (Å²) in [6.45, 7) is 0. The summed E-state index contributed by atoms with van der Waals surface area (Å²) in [7, 11) is 6.09. The number of benzene rings is 1. The summed E-state index contributed by atoms with van der Waals surface area (Å²) in [6.07, 6.45) is 0. The lowest BCUT2D eigenvalue weighted by atomic mass is 10.2. The molecule has 2 heterocycles. The quantitative estimate of drug-likeness (QED) is 0.651. The van der Waals surface area contributed by atoms with Crippen LogP contribution < -0.4 is 25.4 Å². The van der Waals surface area contributed by atoms with E-state index in [-0.39, 0.29) is 11.2 Å². The Bertz CT molecular complexity index is 1050. The molecular weight excluding hydrogens is 314 g/mol. The van der Waals surface area contributed by atoms with Gasteiger partial charge in [0.2, 0.25) is 11.3 Å². The molecule has 0 unspecified atom stereocenters. The van der Waals surface area contributed by atoms with Crippen LogP contribution in [0.1, 0.15) is 0 Å². The number of methoxy groups -OCH3 is 2. The van der Waals surface area contributed by atoms with Crippen molar-refractivity contribution in [3.8, 4) is 22.9 Å². The van der Waals surface area contributed by atoms with E-state index in [1.807, 2.05) is 0 Å². The Morgan fingerprint density at radius 2 is 1.88 bits per heavy atom. The smallest absolute Gasteiger partial charge is 0.416 e. The number of aromatic nitrogens is 5. The number of nitrogens with one attached hydrogen (secondary N) is 1.